The normalized spacial score (nSPS) is 22.6. The van der Waals surface area contributed by atoms with Gasteiger partial charge in [0, 0.05) is 53.4 Å². The van der Waals surface area contributed by atoms with E-state index in [4.69, 9.17) is 26.1 Å². The van der Waals surface area contributed by atoms with Gasteiger partial charge in [-0.25, -0.2) is 9.78 Å². The Balaban J connectivity index is 1.78. The Labute approximate surface area is 218 Å². The number of carbonyl (C=O) groups is 2. The lowest BCUT2D eigenvalue weighted by molar-refractivity contribution is -0.139. The van der Waals surface area contributed by atoms with E-state index in [0.29, 0.717) is 58.8 Å². The Kier molecular flexibility index (Phi) is 8.73. The quantitative estimate of drug-likeness (QED) is 0.470. The van der Waals surface area contributed by atoms with Crippen molar-refractivity contribution in [2.24, 2.45) is 4.99 Å². The molecule has 0 radical (unpaired) electrons. The summed E-state index contributed by atoms with van der Waals surface area (Å²) in [6.07, 6.45) is 2.00. The van der Waals surface area contributed by atoms with Gasteiger partial charge in [0.15, 0.2) is 10.8 Å². The molecular weight excluding hydrogens is 504 g/mol. The number of aliphatic carboxylic acids is 1. The molecule has 2 aliphatic heterocycles. The number of aliphatic imine (C=N–C) groups is 1. The first-order chi connectivity index (χ1) is 17.4. The van der Waals surface area contributed by atoms with E-state index in [0.717, 1.165) is 0 Å². The number of carbonyl (C=O) groups excluding carboxylic acids is 1. The Bertz CT molecular complexity index is 1150. The highest BCUT2D eigenvalue weighted by Gasteiger charge is 2.37. The zero-order valence-electron chi connectivity index (χ0n) is 20.1. The molecule has 0 spiro atoms. The molecule has 0 amide bonds. The summed E-state index contributed by atoms with van der Waals surface area (Å²) in [6, 6.07) is 6.48. The lowest BCUT2D eigenvalue weighted by atomic mass is 9.94. The van der Waals surface area contributed by atoms with Crippen LogP contribution in [0.1, 0.15) is 43.3 Å². The van der Waals surface area contributed by atoms with Crippen molar-refractivity contribution in [1.82, 2.24) is 15.2 Å². The number of carboxylic acids is 1. The molecule has 3 atom stereocenters. The van der Waals surface area contributed by atoms with Crippen LogP contribution in [0.5, 0.6) is 0 Å². The predicted molar refractivity (Wildman–Crippen MR) is 137 cm³/mol. The summed E-state index contributed by atoms with van der Waals surface area (Å²) < 4.78 is 11.3. The molecule has 2 aliphatic rings. The third kappa shape index (κ3) is 5.95. The lowest BCUT2D eigenvalue weighted by Gasteiger charge is -2.41. The number of thiazole rings is 1. The van der Waals surface area contributed by atoms with Crippen molar-refractivity contribution in [3.8, 4) is 0 Å². The fourth-order valence-electron chi connectivity index (χ4n) is 4.56. The molecular formula is C25H29ClN4O5S. The van der Waals surface area contributed by atoms with Crippen molar-refractivity contribution < 1.29 is 24.2 Å². The van der Waals surface area contributed by atoms with Gasteiger partial charge in [0.25, 0.3) is 0 Å². The Hall–Kier alpha value is -2.79. The molecule has 11 heteroatoms. The smallest absolute Gasteiger partial charge is 0.338 e. The fraction of sp³-hybridized carbons (Fsp3) is 0.440. The molecule has 1 fully saturated rings. The maximum absolute atomic E-state index is 13.3. The molecule has 1 aromatic heterocycles. The fourth-order valence-corrected chi connectivity index (χ4v) is 5.39. The highest BCUT2D eigenvalue weighted by atomic mass is 35.5. The van der Waals surface area contributed by atoms with Crippen molar-refractivity contribution >= 4 is 40.7 Å². The van der Waals surface area contributed by atoms with Gasteiger partial charge in [0.1, 0.15) is 6.04 Å². The van der Waals surface area contributed by atoms with E-state index in [2.05, 4.69) is 15.2 Å². The summed E-state index contributed by atoms with van der Waals surface area (Å²) in [5.41, 5.74) is 1.70. The van der Waals surface area contributed by atoms with Crippen LogP contribution in [0, 0.1) is 0 Å². The van der Waals surface area contributed by atoms with Crippen molar-refractivity contribution in [3.63, 3.8) is 0 Å². The minimum atomic E-state index is -0.855. The summed E-state index contributed by atoms with van der Waals surface area (Å²) in [5.74, 6) is -0.788. The lowest BCUT2D eigenvalue weighted by Crippen LogP contribution is -2.52. The second-order valence-electron chi connectivity index (χ2n) is 8.52. The standard InChI is InChI=1S/C25H29ClN4O5S/c1-3-34-25(33)21-18(14-30-11-12-35-15(2)19(30)8-9-20(31)32)28-23(24-27-10-13-36-24)29-22(21)16-6-4-5-7-17(16)26/h4-7,10,13,15,19,22H,3,8-9,11-12,14H2,1-2H3,(H,28,29)(H,31,32)/t15-,19?,22+/m1/s1. The van der Waals surface area contributed by atoms with E-state index in [1.807, 2.05) is 30.5 Å². The van der Waals surface area contributed by atoms with E-state index in [-0.39, 0.29) is 25.2 Å². The first-order valence-corrected chi connectivity index (χ1v) is 13.1. The second-order valence-corrected chi connectivity index (χ2v) is 9.82. The molecule has 0 saturated carbocycles. The Morgan fingerprint density at radius 1 is 1.36 bits per heavy atom. The number of carboxylic acid groups (broad SMARTS) is 1. The number of rotatable bonds is 9. The van der Waals surface area contributed by atoms with Gasteiger partial charge in [-0.2, -0.15) is 0 Å². The zero-order valence-corrected chi connectivity index (χ0v) is 21.7. The summed E-state index contributed by atoms with van der Waals surface area (Å²) >= 11 is 8.01. The average molecular weight is 533 g/mol. The van der Waals surface area contributed by atoms with E-state index in [9.17, 15) is 14.7 Å². The van der Waals surface area contributed by atoms with Crippen molar-refractivity contribution in [2.75, 3.05) is 26.3 Å². The van der Waals surface area contributed by atoms with Crippen molar-refractivity contribution in [3.05, 3.63) is 62.7 Å². The first kappa shape index (κ1) is 26.3. The first-order valence-electron chi connectivity index (χ1n) is 11.9. The van der Waals surface area contributed by atoms with Crippen LogP contribution in [0.2, 0.25) is 5.02 Å². The van der Waals surface area contributed by atoms with Gasteiger partial charge in [-0.05, 0) is 26.3 Å². The van der Waals surface area contributed by atoms with Gasteiger partial charge < -0.3 is 19.9 Å². The molecule has 0 bridgehead atoms. The van der Waals surface area contributed by atoms with Gasteiger partial charge in [0.05, 0.1) is 24.9 Å². The third-order valence-corrected chi connectivity index (χ3v) is 7.37. The van der Waals surface area contributed by atoms with Crippen LogP contribution in [-0.4, -0.2) is 71.2 Å². The van der Waals surface area contributed by atoms with E-state index < -0.39 is 18.0 Å². The molecule has 1 aromatic carbocycles. The topological polar surface area (TPSA) is 113 Å². The van der Waals surface area contributed by atoms with Crippen LogP contribution < -0.4 is 5.32 Å². The summed E-state index contributed by atoms with van der Waals surface area (Å²) in [6.45, 7) is 5.38. The third-order valence-electron chi connectivity index (χ3n) is 6.24. The van der Waals surface area contributed by atoms with Gasteiger partial charge in [-0.1, -0.05) is 29.8 Å². The number of amidine groups is 1. The van der Waals surface area contributed by atoms with Crippen LogP contribution in [0.25, 0.3) is 0 Å². The molecule has 9 nitrogen and oxygen atoms in total. The van der Waals surface area contributed by atoms with Crippen LogP contribution >= 0.6 is 22.9 Å². The number of nitrogens with zero attached hydrogens (tertiary/aromatic N) is 3. The molecule has 3 heterocycles. The molecule has 192 valence electrons. The second kappa shape index (κ2) is 12.0. The molecule has 36 heavy (non-hydrogen) atoms. The predicted octanol–water partition coefficient (Wildman–Crippen LogP) is 3.66. The van der Waals surface area contributed by atoms with E-state index >= 15 is 0 Å². The monoisotopic (exact) mass is 532 g/mol. The maximum atomic E-state index is 13.3. The zero-order chi connectivity index (χ0) is 25.7. The van der Waals surface area contributed by atoms with Crippen molar-refractivity contribution in [1.29, 1.82) is 0 Å². The summed E-state index contributed by atoms with van der Waals surface area (Å²) in [4.78, 5) is 36.1. The van der Waals surface area contributed by atoms with E-state index in [1.54, 1.807) is 19.2 Å². The SMILES string of the molecule is CCOC(=O)C1=C(CN2CCO[C@H](C)C2CCC(=O)O)NC(c2nccs2)=N[C@H]1c1ccccc1Cl. The van der Waals surface area contributed by atoms with Gasteiger partial charge in [-0.15, -0.1) is 11.3 Å². The Morgan fingerprint density at radius 2 is 2.17 bits per heavy atom. The molecule has 1 unspecified atom stereocenters. The number of halogens is 1. The largest absolute Gasteiger partial charge is 0.481 e. The highest BCUT2D eigenvalue weighted by Crippen LogP contribution is 2.37. The minimum absolute atomic E-state index is 0.0279. The molecule has 2 aromatic rings. The average Bonchev–Trinajstić information content (AvgIpc) is 3.39. The van der Waals surface area contributed by atoms with Crippen LogP contribution in [0.3, 0.4) is 0 Å². The molecule has 4 rings (SSSR count). The maximum Gasteiger partial charge on any atom is 0.338 e. The van der Waals surface area contributed by atoms with E-state index in [1.165, 1.54) is 11.3 Å². The van der Waals surface area contributed by atoms with Crippen molar-refractivity contribution in [2.45, 2.75) is 44.9 Å². The van der Waals surface area contributed by atoms with Crippen LogP contribution in [-0.2, 0) is 19.1 Å². The van der Waals surface area contributed by atoms with Crippen LogP contribution in [0.15, 0.2) is 52.1 Å². The molecule has 2 N–H and O–H groups in total. The van der Waals surface area contributed by atoms with Gasteiger partial charge >= 0.3 is 11.9 Å². The van der Waals surface area contributed by atoms with Gasteiger partial charge in [-0.3, -0.25) is 14.7 Å². The number of benzene rings is 1. The number of ether oxygens (including phenoxy) is 2. The Morgan fingerprint density at radius 3 is 2.86 bits per heavy atom. The number of esters is 1. The summed E-state index contributed by atoms with van der Waals surface area (Å²) in [5, 5.41) is 15.6. The minimum Gasteiger partial charge on any atom is -0.481 e. The molecule has 0 aliphatic carbocycles. The number of hydrogen-bond donors (Lipinski definition) is 2. The number of hydrogen-bond acceptors (Lipinski definition) is 9. The number of morpholine rings is 1. The summed E-state index contributed by atoms with van der Waals surface area (Å²) in [7, 11) is 0. The highest BCUT2D eigenvalue weighted by molar-refractivity contribution is 7.11. The number of nitrogens with one attached hydrogen (secondary N) is 1. The number of aromatic nitrogens is 1. The van der Waals surface area contributed by atoms with Crippen LogP contribution in [0.4, 0.5) is 0 Å². The van der Waals surface area contributed by atoms with Gasteiger partial charge in [0.2, 0.25) is 0 Å². The molecule has 1 saturated heterocycles.